The van der Waals surface area contributed by atoms with Crippen molar-refractivity contribution in [2.24, 2.45) is 0 Å². The van der Waals surface area contributed by atoms with E-state index in [0.717, 1.165) is 54.8 Å². The first-order valence-electron chi connectivity index (χ1n) is 12.8. The summed E-state index contributed by atoms with van der Waals surface area (Å²) in [5.41, 5.74) is 3.98. The van der Waals surface area contributed by atoms with E-state index in [1.807, 2.05) is 30.3 Å². The van der Waals surface area contributed by atoms with Gasteiger partial charge in [0.25, 0.3) is 5.91 Å². The van der Waals surface area contributed by atoms with Crippen LogP contribution in [0.2, 0.25) is 5.02 Å². The molecular weight excluding hydrogens is 470 g/mol. The van der Waals surface area contributed by atoms with Crippen LogP contribution >= 0.6 is 11.6 Å². The summed E-state index contributed by atoms with van der Waals surface area (Å²) in [6, 6.07) is 23.8. The Morgan fingerprint density at radius 1 is 1.03 bits per heavy atom. The summed E-state index contributed by atoms with van der Waals surface area (Å²) in [7, 11) is 0. The number of amides is 1. The zero-order valence-electron chi connectivity index (χ0n) is 21.0. The van der Waals surface area contributed by atoms with E-state index in [0.29, 0.717) is 29.7 Å². The number of fused-ring (bicyclic) bond motifs is 1. The predicted octanol–water partition coefficient (Wildman–Crippen LogP) is 7.03. The number of rotatable bonds is 12. The largest absolute Gasteiger partial charge is 0.494 e. The fourth-order valence-corrected chi connectivity index (χ4v) is 4.52. The Kier molecular flexibility index (Phi) is 9.01. The number of aryl methyl sites for hydroxylation is 2. The first-order chi connectivity index (χ1) is 17.6. The van der Waals surface area contributed by atoms with E-state index in [4.69, 9.17) is 21.3 Å². The molecule has 3 aromatic carbocycles. The maximum Gasteiger partial charge on any atom is 0.252 e. The summed E-state index contributed by atoms with van der Waals surface area (Å²) in [5.74, 6) is 2.35. The van der Waals surface area contributed by atoms with Crippen LogP contribution in [0.5, 0.6) is 5.75 Å². The minimum Gasteiger partial charge on any atom is -0.494 e. The van der Waals surface area contributed by atoms with Crippen molar-refractivity contribution in [1.82, 2.24) is 14.9 Å². The Balaban J connectivity index is 1.31. The maximum absolute atomic E-state index is 12.4. The number of nitrogens with one attached hydrogen (secondary N) is 1. The summed E-state index contributed by atoms with van der Waals surface area (Å²) in [6.07, 6.45) is 3.58. The summed E-state index contributed by atoms with van der Waals surface area (Å²) in [4.78, 5) is 17.3. The number of ether oxygens (including phenoxy) is 1. The molecule has 0 aliphatic carbocycles. The Morgan fingerprint density at radius 2 is 1.78 bits per heavy atom. The molecule has 4 rings (SSSR count). The van der Waals surface area contributed by atoms with Gasteiger partial charge in [-0.15, -0.1) is 0 Å². The standard InChI is InChI=1S/C30H34ClN3O2/c1-3-22(2)23-15-17-24(18-16-23)36-21-9-20-34-28-13-7-6-12-27(28)33-29(34)14-8-19-32-30(35)25-10-4-5-11-26(25)31/h4-7,10-13,15-18,22H,3,8-9,14,19-21H2,1-2H3,(H,32,35). The van der Waals surface area contributed by atoms with Gasteiger partial charge in [0.05, 0.1) is 28.2 Å². The van der Waals surface area contributed by atoms with Gasteiger partial charge in [-0.25, -0.2) is 4.98 Å². The highest BCUT2D eigenvalue weighted by molar-refractivity contribution is 6.33. The summed E-state index contributed by atoms with van der Waals surface area (Å²) in [6.45, 7) is 6.48. The molecule has 1 unspecified atom stereocenters. The van der Waals surface area contributed by atoms with Crippen LogP contribution in [-0.4, -0.2) is 28.6 Å². The molecule has 1 N–H and O–H groups in total. The summed E-state index contributed by atoms with van der Waals surface area (Å²) in [5, 5.41) is 3.43. The molecule has 6 heteroatoms. The normalized spacial score (nSPS) is 12.0. The molecule has 1 amide bonds. The third kappa shape index (κ3) is 6.46. The van der Waals surface area contributed by atoms with E-state index in [-0.39, 0.29) is 5.91 Å². The molecule has 5 nitrogen and oxygen atoms in total. The Bertz CT molecular complexity index is 1280. The zero-order chi connectivity index (χ0) is 25.3. The van der Waals surface area contributed by atoms with Crippen LogP contribution in [0.3, 0.4) is 0 Å². The first-order valence-corrected chi connectivity index (χ1v) is 13.1. The molecular formula is C30H34ClN3O2. The number of para-hydroxylation sites is 2. The molecule has 0 bridgehead atoms. The van der Waals surface area contributed by atoms with Crippen molar-refractivity contribution >= 4 is 28.5 Å². The third-order valence-electron chi connectivity index (χ3n) is 6.57. The molecule has 0 fully saturated rings. The molecule has 0 aliphatic rings. The summed E-state index contributed by atoms with van der Waals surface area (Å²) >= 11 is 6.13. The fourth-order valence-electron chi connectivity index (χ4n) is 4.30. The lowest BCUT2D eigenvalue weighted by atomic mass is 9.99. The van der Waals surface area contributed by atoms with Crippen LogP contribution in [0.25, 0.3) is 11.0 Å². The van der Waals surface area contributed by atoms with E-state index in [1.54, 1.807) is 12.1 Å². The molecule has 1 heterocycles. The lowest BCUT2D eigenvalue weighted by Gasteiger charge is -2.12. The predicted molar refractivity (Wildman–Crippen MR) is 147 cm³/mol. The van der Waals surface area contributed by atoms with Crippen molar-refractivity contribution < 1.29 is 9.53 Å². The van der Waals surface area contributed by atoms with Crippen molar-refractivity contribution in [2.45, 2.75) is 52.0 Å². The van der Waals surface area contributed by atoms with Crippen molar-refractivity contribution in [3.8, 4) is 5.75 Å². The Morgan fingerprint density at radius 3 is 2.56 bits per heavy atom. The highest BCUT2D eigenvalue weighted by atomic mass is 35.5. The average molecular weight is 504 g/mol. The Hall–Kier alpha value is -3.31. The fraction of sp³-hybridized carbons (Fsp3) is 0.333. The van der Waals surface area contributed by atoms with Crippen LogP contribution in [0, 0.1) is 0 Å². The third-order valence-corrected chi connectivity index (χ3v) is 6.90. The van der Waals surface area contributed by atoms with Gasteiger partial charge >= 0.3 is 0 Å². The number of carbonyl (C=O) groups is 1. The van der Waals surface area contributed by atoms with E-state index >= 15 is 0 Å². The van der Waals surface area contributed by atoms with Crippen molar-refractivity contribution in [3.63, 3.8) is 0 Å². The van der Waals surface area contributed by atoms with E-state index < -0.39 is 0 Å². The lowest BCUT2D eigenvalue weighted by molar-refractivity contribution is 0.0953. The molecule has 0 radical (unpaired) electrons. The molecule has 0 saturated carbocycles. The van der Waals surface area contributed by atoms with Gasteiger partial charge in [0, 0.05) is 19.5 Å². The lowest BCUT2D eigenvalue weighted by Crippen LogP contribution is -2.25. The smallest absolute Gasteiger partial charge is 0.252 e. The van der Waals surface area contributed by atoms with Gasteiger partial charge in [-0.05, 0) is 67.1 Å². The number of imidazole rings is 1. The second-order valence-corrected chi connectivity index (χ2v) is 9.50. The molecule has 36 heavy (non-hydrogen) atoms. The SMILES string of the molecule is CCC(C)c1ccc(OCCCn2c(CCCNC(=O)c3ccccc3Cl)nc3ccccc32)cc1. The van der Waals surface area contributed by atoms with Gasteiger partial charge in [-0.3, -0.25) is 4.79 Å². The van der Waals surface area contributed by atoms with Gasteiger partial charge < -0.3 is 14.6 Å². The molecule has 1 atom stereocenters. The van der Waals surface area contributed by atoms with Gasteiger partial charge in [0.15, 0.2) is 0 Å². The molecule has 4 aromatic rings. The number of halogens is 1. The second kappa shape index (κ2) is 12.6. The Labute approximate surface area is 218 Å². The molecule has 0 spiro atoms. The van der Waals surface area contributed by atoms with E-state index in [9.17, 15) is 4.79 Å². The number of benzene rings is 3. The average Bonchev–Trinajstić information content (AvgIpc) is 3.26. The van der Waals surface area contributed by atoms with Crippen LogP contribution in [0.4, 0.5) is 0 Å². The number of nitrogens with zero attached hydrogens (tertiary/aromatic N) is 2. The highest BCUT2D eigenvalue weighted by Gasteiger charge is 2.12. The number of hydrogen-bond acceptors (Lipinski definition) is 3. The van der Waals surface area contributed by atoms with Crippen LogP contribution in [0.15, 0.2) is 72.8 Å². The minimum absolute atomic E-state index is 0.150. The van der Waals surface area contributed by atoms with Crippen LogP contribution < -0.4 is 10.1 Å². The topological polar surface area (TPSA) is 56.1 Å². The summed E-state index contributed by atoms with van der Waals surface area (Å²) < 4.78 is 8.29. The number of carbonyl (C=O) groups excluding carboxylic acids is 1. The van der Waals surface area contributed by atoms with Gasteiger partial charge in [-0.2, -0.15) is 0 Å². The van der Waals surface area contributed by atoms with E-state index in [2.05, 4.69) is 54.1 Å². The monoisotopic (exact) mass is 503 g/mol. The molecule has 1 aromatic heterocycles. The molecule has 0 aliphatic heterocycles. The van der Waals surface area contributed by atoms with Crippen LogP contribution in [-0.2, 0) is 13.0 Å². The number of hydrogen-bond donors (Lipinski definition) is 1. The van der Waals surface area contributed by atoms with Crippen molar-refractivity contribution in [3.05, 3.63) is 94.8 Å². The molecule has 188 valence electrons. The first kappa shape index (κ1) is 25.8. The zero-order valence-corrected chi connectivity index (χ0v) is 21.8. The second-order valence-electron chi connectivity index (χ2n) is 9.09. The number of aromatic nitrogens is 2. The maximum atomic E-state index is 12.4. The van der Waals surface area contributed by atoms with Gasteiger partial charge in [0.1, 0.15) is 11.6 Å². The van der Waals surface area contributed by atoms with Crippen molar-refractivity contribution in [1.29, 1.82) is 0 Å². The van der Waals surface area contributed by atoms with E-state index in [1.165, 1.54) is 5.56 Å². The molecule has 0 saturated heterocycles. The van der Waals surface area contributed by atoms with Crippen LogP contribution in [0.1, 0.15) is 60.8 Å². The van der Waals surface area contributed by atoms with Gasteiger partial charge in [0.2, 0.25) is 0 Å². The highest BCUT2D eigenvalue weighted by Crippen LogP contribution is 2.22. The minimum atomic E-state index is -0.150. The quantitative estimate of drug-likeness (QED) is 0.211. The van der Waals surface area contributed by atoms with Gasteiger partial charge in [-0.1, -0.05) is 61.8 Å². The van der Waals surface area contributed by atoms with Crippen molar-refractivity contribution in [2.75, 3.05) is 13.2 Å².